The molecule has 28 heavy (non-hydrogen) atoms. The van der Waals surface area contributed by atoms with Gasteiger partial charge in [-0.05, 0) is 37.0 Å². The summed E-state index contributed by atoms with van der Waals surface area (Å²) in [5.74, 6) is 1.06. The average molecular weight is 374 g/mol. The number of benzene rings is 1. The zero-order chi connectivity index (χ0) is 19.2. The number of carbonyl (C=O) groups is 1. The number of likely N-dealkylation sites (tertiary alicyclic amines) is 1. The van der Waals surface area contributed by atoms with Gasteiger partial charge in [-0.2, -0.15) is 0 Å². The quantitative estimate of drug-likeness (QED) is 0.713. The zero-order valence-electron chi connectivity index (χ0n) is 15.5. The van der Waals surface area contributed by atoms with Gasteiger partial charge in [-0.1, -0.05) is 30.3 Å². The molecule has 142 valence electrons. The molecule has 1 aromatic carbocycles. The molecule has 1 aliphatic rings. The van der Waals surface area contributed by atoms with Crippen molar-refractivity contribution in [1.29, 1.82) is 0 Å². The van der Waals surface area contributed by atoms with Crippen LogP contribution in [0.4, 0.5) is 11.9 Å². The van der Waals surface area contributed by atoms with Crippen molar-refractivity contribution in [2.24, 2.45) is 0 Å². The fourth-order valence-electron chi connectivity index (χ4n) is 3.49. The number of aromatic nitrogens is 4. The summed E-state index contributed by atoms with van der Waals surface area (Å²) in [7, 11) is 0. The molecule has 1 N–H and O–H groups in total. The summed E-state index contributed by atoms with van der Waals surface area (Å²) >= 11 is 0. The number of nitrogens with one attached hydrogen (secondary N) is 1. The second kappa shape index (κ2) is 8.56. The van der Waals surface area contributed by atoms with E-state index in [1.165, 1.54) is 5.56 Å². The van der Waals surface area contributed by atoms with Crippen LogP contribution in [0.3, 0.4) is 0 Å². The Morgan fingerprint density at radius 1 is 1.00 bits per heavy atom. The average Bonchev–Trinajstić information content (AvgIpc) is 3.24. The molecular formula is C21H22N6O. The molecule has 7 heteroatoms. The van der Waals surface area contributed by atoms with Crippen LogP contribution in [0.1, 0.15) is 36.6 Å². The monoisotopic (exact) mass is 374 g/mol. The lowest BCUT2D eigenvalue weighted by Gasteiger charge is -2.24. The maximum absolute atomic E-state index is 12.8. The smallest absolute Gasteiger partial charge is 0.229 e. The van der Waals surface area contributed by atoms with Crippen LogP contribution < -0.4 is 5.32 Å². The van der Waals surface area contributed by atoms with E-state index in [1.807, 2.05) is 29.2 Å². The van der Waals surface area contributed by atoms with E-state index in [0.29, 0.717) is 18.3 Å². The van der Waals surface area contributed by atoms with Crippen LogP contribution in [-0.2, 0) is 11.2 Å². The molecule has 1 amide bonds. The first-order valence-electron chi connectivity index (χ1n) is 9.50. The molecule has 3 heterocycles. The molecule has 2 aromatic heterocycles. The highest BCUT2D eigenvalue weighted by Crippen LogP contribution is 2.31. The predicted octanol–water partition coefficient (Wildman–Crippen LogP) is 3.31. The van der Waals surface area contributed by atoms with Gasteiger partial charge in [0.15, 0.2) is 0 Å². The number of nitrogens with zero attached hydrogens (tertiary/aromatic N) is 5. The van der Waals surface area contributed by atoms with Crippen molar-refractivity contribution in [2.45, 2.75) is 31.7 Å². The Hall–Kier alpha value is -3.35. The minimum atomic E-state index is -0.0106. The van der Waals surface area contributed by atoms with Gasteiger partial charge in [-0.25, -0.2) is 19.9 Å². The molecule has 0 bridgehead atoms. The molecular weight excluding hydrogens is 352 g/mol. The molecule has 0 spiro atoms. The van der Waals surface area contributed by atoms with E-state index in [4.69, 9.17) is 0 Å². The number of hydrogen-bond donors (Lipinski definition) is 1. The van der Waals surface area contributed by atoms with Crippen LogP contribution in [0.25, 0.3) is 0 Å². The summed E-state index contributed by atoms with van der Waals surface area (Å²) in [5, 5.41) is 3.01. The van der Waals surface area contributed by atoms with Gasteiger partial charge in [0, 0.05) is 31.6 Å². The Labute approximate surface area is 163 Å². The van der Waals surface area contributed by atoms with Gasteiger partial charge < -0.3 is 4.90 Å². The fraction of sp³-hybridized carbons (Fsp3) is 0.286. The van der Waals surface area contributed by atoms with Crippen molar-refractivity contribution in [3.05, 3.63) is 72.3 Å². The van der Waals surface area contributed by atoms with E-state index in [2.05, 4.69) is 37.4 Å². The topological polar surface area (TPSA) is 83.9 Å². The minimum Gasteiger partial charge on any atom is -0.334 e. The molecule has 0 radical (unpaired) electrons. The molecule has 0 saturated carbocycles. The summed E-state index contributed by atoms with van der Waals surface area (Å²) in [6.45, 7) is 0.771. The number of aryl methyl sites for hydroxylation is 1. The first kappa shape index (κ1) is 18.0. The Bertz CT molecular complexity index is 918. The van der Waals surface area contributed by atoms with E-state index in [1.54, 1.807) is 24.7 Å². The lowest BCUT2D eigenvalue weighted by molar-refractivity contribution is -0.132. The van der Waals surface area contributed by atoms with Gasteiger partial charge >= 0.3 is 0 Å². The number of hydrogen-bond acceptors (Lipinski definition) is 6. The molecule has 1 fully saturated rings. The Balaban J connectivity index is 1.44. The van der Waals surface area contributed by atoms with Crippen molar-refractivity contribution < 1.29 is 4.79 Å². The molecule has 4 rings (SSSR count). The maximum Gasteiger partial charge on any atom is 0.229 e. The number of carbonyl (C=O) groups excluding carboxylic acids is 1. The summed E-state index contributed by atoms with van der Waals surface area (Å²) in [5.41, 5.74) is 2.03. The lowest BCUT2D eigenvalue weighted by Crippen LogP contribution is -2.31. The number of anilines is 2. The SMILES string of the molecule is O=C(CCc1ccccc1)N1CCCC1c1ccnc(Nc2ncccn2)n1. The Morgan fingerprint density at radius 2 is 1.79 bits per heavy atom. The minimum absolute atomic E-state index is 0.0106. The van der Waals surface area contributed by atoms with Crippen LogP contribution in [-0.4, -0.2) is 37.3 Å². The van der Waals surface area contributed by atoms with Crippen LogP contribution >= 0.6 is 0 Å². The standard InChI is InChI=1S/C21H22N6O/c28-19(10-9-16-6-2-1-3-7-16)27-15-4-8-18(27)17-11-14-24-21(25-17)26-20-22-12-5-13-23-20/h1-3,5-7,11-14,18H,4,8-10,15H2,(H,22,23,24,25,26). The molecule has 7 nitrogen and oxygen atoms in total. The first-order valence-corrected chi connectivity index (χ1v) is 9.50. The zero-order valence-corrected chi connectivity index (χ0v) is 15.5. The fourth-order valence-corrected chi connectivity index (χ4v) is 3.49. The molecule has 1 aliphatic heterocycles. The van der Waals surface area contributed by atoms with E-state index in [0.717, 1.165) is 31.5 Å². The highest BCUT2D eigenvalue weighted by atomic mass is 16.2. The second-order valence-corrected chi connectivity index (χ2v) is 6.73. The first-order chi connectivity index (χ1) is 13.8. The van der Waals surface area contributed by atoms with Crippen molar-refractivity contribution >= 4 is 17.8 Å². The third kappa shape index (κ3) is 4.31. The normalized spacial score (nSPS) is 16.1. The maximum atomic E-state index is 12.8. The Kier molecular flexibility index (Phi) is 5.51. The lowest BCUT2D eigenvalue weighted by atomic mass is 10.1. The highest BCUT2D eigenvalue weighted by Gasteiger charge is 2.30. The van der Waals surface area contributed by atoms with E-state index >= 15 is 0 Å². The van der Waals surface area contributed by atoms with Gasteiger partial charge in [0.2, 0.25) is 17.8 Å². The number of amides is 1. The van der Waals surface area contributed by atoms with E-state index in [9.17, 15) is 4.79 Å². The second-order valence-electron chi connectivity index (χ2n) is 6.73. The van der Waals surface area contributed by atoms with Gasteiger partial charge in [0.05, 0.1) is 11.7 Å². The third-order valence-corrected chi connectivity index (χ3v) is 4.85. The van der Waals surface area contributed by atoms with Crippen LogP contribution in [0, 0.1) is 0 Å². The molecule has 1 saturated heterocycles. The van der Waals surface area contributed by atoms with Crippen molar-refractivity contribution in [2.75, 3.05) is 11.9 Å². The highest BCUT2D eigenvalue weighted by molar-refractivity contribution is 5.77. The van der Waals surface area contributed by atoms with Gasteiger partial charge in [-0.3, -0.25) is 10.1 Å². The van der Waals surface area contributed by atoms with E-state index in [-0.39, 0.29) is 11.9 Å². The largest absolute Gasteiger partial charge is 0.334 e. The molecule has 1 unspecified atom stereocenters. The van der Waals surface area contributed by atoms with Crippen molar-refractivity contribution in [3.63, 3.8) is 0 Å². The molecule has 3 aromatic rings. The van der Waals surface area contributed by atoms with Crippen molar-refractivity contribution in [3.8, 4) is 0 Å². The summed E-state index contributed by atoms with van der Waals surface area (Å²) in [6.07, 6.45) is 8.18. The van der Waals surface area contributed by atoms with Crippen LogP contribution in [0.15, 0.2) is 61.1 Å². The molecule has 1 atom stereocenters. The van der Waals surface area contributed by atoms with Gasteiger partial charge in [0.1, 0.15) is 0 Å². The van der Waals surface area contributed by atoms with Crippen LogP contribution in [0.5, 0.6) is 0 Å². The number of rotatable bonds is 6. The predicted molar refractivity (Wildman–Crippen MR) is 106 cm³/mol. The van der Waals surface area contributed by atoms with Gasteiger partial charge in [-0.15, -0.1) is 0 Å². The van der Waals surface area contributed by atoms with E-state index < -0.39 is 0 Å². The summed E-state index contributed by atoms with van der Waals surface area (Å²) in [6, 6.07) is 13.7. The van der Waals surface area contributed by atoms with Gasteiger partial charge in [0.25, 0.3) is 0 Å². The third-order valence-electron chi connectivity index (χ3n) is 4.85. The van der Waals surface area contributed by atoms with Crippen molar-refractivity contribution in [1.82, 2.24) is 24.8 Å². The molecule has 0 aliphatic carbocycles. The summed E-state index contributed by atoms with van der Waals surface area (Å²) < 4.78 is 0. The van der Waals surface area contributed by atoms with Crippen LogP contribution in [0.2, 0.25) is 0 Å². The summed E-state index contributed by atoms with van der Waals surface area (Å²) in [4.78, 5) is 31.9. The Morgan fingerprint density at radius 3 is 2.61 bits per heavy atom.